The van der Waals surface area contributed by atoms with Crippen LogP contribution in [0.25, 0.3) is 11.6 Å². The van der Waals surface area contributed by atoms with Gasteiger partial charge in [-0.05, 0) is 43.2 Å². The van der Waals surface area contributed by atoms with Crippen molar-refractivity contribution in [3.05, 3.63) is 64.7 Å². The van der Waals surface area contributed by atoms with E-state index in [-0.39, 0.29) is 40.9 Å². The van der Waals surface area contributed by atoms with Crippen LogP contribution in [0.4, 0.5) is 0 Å². The number of hydrogen-bond donors (Lipinski definition) is 1. The Labute approximate surface area is 146 Å². The number of aliphatic carboxylic acids is 1. The van der Waals surface area contributed by atoms with Crippen molar-refractivity contribution < 1.29 is 44.6 Å². The second-order valence-corrected chi connectivity index (χ2v) is 4.81. The predicted octanol–water partition coefficient (Wildman–Crippen LogP) is -0.696. The molecular weight excluding hydrogens is 275 g/mol. The summed E-state index contributed by atoms with van der Waals surface area (Å²) in [6, 6.07) is 11.9. The zero-order chi connectivity index (χ0) is 14.7. The third kappa shape index (κ3) is 4.74. The Morgan fingerprint density at radius 1 is 1.05 bits per heavy atom. The first-order valence-electron chi connectivity index (χ1n) is 6.26. The summed E-state index contributed by atoms with van der Waals surface area (Å²) in [5.41, 5.74) is 3.55. The summed E-state index contributed by atoms with van der Waals surface area (Å²) < 4.78 is 0. The van der Waals surface area contributed by atoms with E-state index in [4.69, 9.17) is 0 Å². The fourth-order valence-corrected chi connectivity index (χ4v) is 2.16. The largest absolute Gasteiger partial charge is 1.00 e. The molecule has 1 N–H and O–H groups in total. The van der Waals surface area contributed by atoms with Gasteiger partial charge >= 0.3 is 29.6 Å². The van der Waals surface area contributed by atoms with Crippen molar-refractivity contribution in [1.82, 2.24) is 0 Å². The number of carboxylic acids is 1. The van der Waals surface area contributed by atoms with Crippen molar-refractivity contribution in [3.8, 4) is 5.75 Å². The smallest absolute Gasteiger partial charge is 0.545 e. The minimum atomic E-state index is -1.24. The molecule has 0 bridgehead atoms. The molecule has 0 aliphatic rings. The maximum absolute atomic E-state index is 11.3. The van der Waals surface area contributed by atoms with Gasteiger partial charge in [-0.2, -0.15) is 0 Å². The molecule has 2 aromatic carbocycles. The van der Waals surface area contributed by atoms with Gasteiger partial charge in [0, 0.05) is 5.57 Å². The minimum absolute atomic E-state index is 0. The van der Waals surface area contributed by atoms with Crippen molar-refractivity contribution in [2.45, 2.75) is 13.8 Å². The molecular formula is C17H15NaO3. The monoisotopic (exact) mass is 290 g/mol. The van der Waals surface area contributed by atoms with Crippen LogP contribution in [0.15, 0.2) is 42.5 Å². The summed E-state index contributed by atoms with van der Waals surface area (Å²) in [6.45, 7) is 3.92. The van der Waals surface area contributed by atoms with Crippen LogP contribution >= 0.6 is 0 Å². The van der Waals surface area contributed by atoms with Gasteiger partial charge in [0.1, 0.15) is 5.75 Å². The molecule has 0 aliphatic carbocycles. The summed E-state index contributed by atoms with van der Waals surface area (Å²) in [5, 5.41) is 20.6. The number of aryl methyl sites for hydroxylation is 2. The van der Waals surface area contributed by atoms with Crippen LogP contribution in [0.2, 0.25) is 0 Å². The normalized spacial score (nSPS) is 10.9. The van der Waals surface area contributed by atoms with Crippen molar-refractivity contribution in [2.24, 2.45) is 0 Å². The average molecular weight is 290 g/mol. The molecule has 0 saturated heterocycles. The molecule has 3 nitrogen and oxygen atoms in total. The molecule has 0 radical (unpaired) electrons. The summed E-state index contributed by atoms with van der Waals surface area (Å²) in [5.74, 6) is -1.15. The van der Waals surface area contributed by atoms with Gasteiger partial charge in [0.15, 0.2) is 0 Å². The van der Waals surface area contributed by atoms with E-state index < -0.39 is 5.97 Å². The number of phenolic OH excluding ortho intramolecular Hbond substituents is 1. The zero-order valence-electron chi connectivity index (χ0n) is 12.4. The van der Waals surface area contributed by atoms with Crippen molar-refractivity contribution in [3.63, 3.8) is 0 Å². The number of carbonyl (C=O) groups is 1. The Morgan fingerprint density at radius 2 is 1.57 bits per heavy atom. The molecule has 0 heterocycles. The van der Waals surface area contributed by atoms with E-state index >= 15 is 0 Å². The molecule has 0 saturated carbocycles. The Morgan fingerprint density at radius 3 is 2.05 bits per heavy atom. The van der Waals surface area contributed by atoms with Gasteiger partial charge in [-0.15, -0.1) is 0 Å². The van der Waals surface area contributed by atoms with Gasteiger partial charge in [0.05, 0.1) is 5.97 Å². The van der Waals surface area contributed by atoms with E-state index in [0.717, 1.165) is 16.7 Å². The molecule has 4 heteroatoms. The fourth-order valence-electron chi connectivity index (χ4n) is 2.16. The predicted molar refractivity (Wildman–Crippen MR) is 76.9 cm³/mol. The van der Waals surface area contributed by atoms with Crippen LogP contribution in [-0.2, 0) is 4.79 Å². The minimum Gasteiger partial charge on any atom is -0.545 e. The average Bonchev–Trinajstić information content (AvgIpc) is 2.36. The molecule has 2 rings (SSSR count). The summed E-state index contributed by atoms with van der Waals surface area (Å²) in [6.07, 6.45) is 1.59. The number of benzene rings is 2. The Hall–Kier alpha value is -1.55. The van der Waals surface area contributed by atoms with Gasteiger partial charge < -0.3 is 15.0 Å². The Balaban J connectivity index is 0.00000220. The third-order valence-electron chi connectivity index (χ3n) is 2.95. The first-order chi connectivity index (χ1) is 9.45. The van der Waals surface area contributed by atoms with E-state index in [0.29, 0.717) is 5.56 Å². The topological polar surface area (TPSA) is 60.4 Å². The van der Waals surface area contributed by atoms with Crippen molar-refractivity contribution in [2.75, 3.05) is 0 Å². The number of rotatable bonds is 3. The van der Waals surface area contributed by atoms with Crippen LogP contribution in [0.3, 0.4) is 0 Å². The van der Waals surface area contributed by atoms with Crippen LogP contribution in [0.5, 0.6) is 5.75 Å². The van der Waals surface area contributed by atoms with E-state index in [2.05, 4.69) is 0 Å². The molecule has 0 aliphatic heterocycles. The molecule has 0 amide bonds. The summed E-state index contributed by atoms with van der Waals surface area (Å²) >= 11 is 0. The summed E-state index contributed by atoms with van der Waals surface area (Å²) in [4.78, 5) is 11.3. The van der Waals surface area contributed by atoms with Gasteiger partial charge in [0.25, 0.3) is 0 Å². The molecule has 0 unspecified atom stereocenters. The number of hydrogen-bond acceptors (Lipinski definition) is 3. The van der Waals surface area contributed by atoms with E-state index in [1.54, 1.807) is 18.2 Å². The molecule has 0 fully saturated rings. The molecule has 102 valence electrons. The molecule has 0 aromatic heterocycles. The van der Waals surface area contributed by atoms with Gasteiger partial charge in [-0.25, -0.2) is 0 Å². The number of aromatic hydroxyl groups is 1. The molecule has 21 heavy (non-hydrogen) atoms. The molecule has 0 spiro atoms. The second kappa shape index (κ2) is 7.46. The number of carboxylic acid groups (broad SMARTS) is 1. The summed E-state index contributed by atoms with van der Waals surface area (Å²) in [7, 11) is 0. The first-order valence-corrected chi connectivity index (χ1v) is 6.26. The van der Waals surface area contributed by atoms with Crippen LogP contribution in [0.1, 0.15) is 22.3 Å². The molecule has 0 atom stereocenters. The third-order valence-corrected chi connectivity index (χ3v) is 2.95. The van der Waals surface area contributed by atoms with Gasteiger partial charge in [0.2, 0.25) is 0 Å². The van der Waals surface area contributed by atoms with Gasteiger partial charge in [-0.1, -0.05) is 41.5 Å². The quantitative estimate of drug-likeness (QED) is 0.462. The van der Waals surface area contributed by atoms with Crippen LogP contribution in [-0.4, -0.2) is 11.1 Å². The standard InChI is InChI=1S/C17H16O3.Na/c1-11-7-12(2)9-13(8-11)10-16(17(19)20)14-3-5-15(18)6-4-14;/h3-10,18H,1-2H3,(H,19,20);/q;+1/p-1/b16-10+;. The maximum Gasteiger partial charge on any atom is 1.00 e. The number of phenols is 1. The zero-order valence-corrected chi connectivity index (χ0v) is 14.4. The Kier molecular flexibility index (Phi) is 6.21. The SMILES string of the molecule is Cc1cc(C)cc(/C=C(/C(=O)[O-])c2ccc(O)cc2)c1.[Na+]. The van der Waals surface area contributed by atoms with Crippen molar-refractivity contribution >= 4 is 17.6 Å². The first kappa shape index (κ1) is 17.5. The van der Waals surface area contributed by atoms with E-state index in [9.17, 15) is 15.0 Å². The van der Waals surface area contributed by atoms with Crippen LogP contribution in [0, 0.1) is 13.8 Å². The fraction of sp³-hybridized carbons (Fsp3) is 0.118. The second-order valence-electron chi connectivity index (χ2n) is 4.81. The van der Waals surface area contributed by atoms with E-state index in [1.165, 1.54) is 12.1 Å². The van der Waals surface area contributed by atoms with Crippen molar-refractivity contribution in [1.29, 1.82) is 0 Å². The molecule has 2 aromatic rings. The van der Waals surface area contributed by atoms with E-state index in [1.807, 2.05) is 32.0 Å². The maximum atomic E-state index is 11.3. The number of carbonyl (C=O) groups excluding carboxylic acids is 1. The van der Waals surface area contributed by atoms with Gasteiger partial charge in [-0.3, -0.25) is 0 Å². The van der Waals surface area contributed by atoms with Crippen LogP contribution < -0.4 is 34.7 Å². The Bertz CT molecular complexity index is 653.